The van der Waals surface area contributed by atoms with Gasteiger partial charge in [-0.05, 0) is 48.7 Å². The minimum Gasteiger partial charge on any atom is -0.384 e. The number of halogens is 2. The lowest BCUT2D eigenvalue weighted by atomic mass is 9.93. The Bertz CT molecular complexity index is 560. The van der Waals surface area contributed by atoms with Crippen molar-refractivity contribution < 1.29 is 9.50 Å². The molecule has 0 aliphatic heterocycles. The van der Waals surface area contributed by atoms with E-state index in [2.05, 4.69) is 0 Å². The van der Waals surface area contributed by atoms with Gasteiger partial charge in [-0.1, -0.05) is 29.8 Å². The van der Waals surface area contributed by atoms with Gasteiger partial charge >= 0.3 is 0 Å². The van der Waals surface area contributed by atoms with Gasteiger partial charge in [0.1, 0.15) is 11.9 Å². The van der Waals surface area contributed by atoms with Crippen LogP contribution in [-0.2, 0) is 0 Å². The standard InChI is InChI=1S/C15H14ClFO/c1-9-4-3-5-10(2)14(9)15(18)12-8-11(17)6-7-13(12)16/h3-8,15,18H,1-2H3. The molecule has 18 heavy (non-hydrogen) atoms. The average Bonchev–Trinajstić information content (AvgIpc) is 2.32. The molecule has 94 valence electrons. The van der Waals surface area contributed by atoms with Crippen LogP contribution >= 0.6 is 11.6 Å². The van der Waals surface area contributed by atoms with Crippen molar-refractivity contribution in [2.75, 3.05) is 0 Å². The van der Waals surface area contributed by atoms with Crippen LogP contribution in [0.1, 0.15) is 28.4 Å². The van der Waals surface area contributed by atoms with Crippen molar-refractivity contribution in [3.63, 3.8) is 0 Å². The van der Waals surface area contributed by atoms with Gasteiger partial charge in [0.15, 0.2) is 0 Å². The van der Waals surface area contributed by atoms with Crippen LogP contribution < -0.4 is 0 Å². The van der Waals surface area contributed by atoms with Gasteiger partial charge in [0, 0.05) is 10.6 Å². The van der Waals surface area contributed by atoms with Crippen LogP contribution in [0.15, 0.2) is 36.4 Å². The second kappa shape index (κ2) is 5.09. The van der Waals surface area contributed by atoms with Gasteiger partial charge in [0.2, 0.25) is 0 Å². The van der Waals surface area contributed by atoms with E-state index in [1.165, 1.54) is 18.2 Å². The van der Waals surface area contributed by atoms with E-state index in [9.17, 15) is 9.50 Å². The van der Waals surface area contributed by atoms with Crippen LogP contribution in [-0.4, -0.2) is 5.11 Å². The number of aliphatic hydroxyl groups excluding tert-OH is 1. The molecule has 0 spiro atoms. The molecule has 0 saturated carbocycles. The Morgan fingerprint density at radius 1 is 1.11 bits per heavy atom. The molecule has 0 fully saturated rings. The first kappa shape index (κ1) is 13.1. The van der Waals surface area contributed by atoms with E-state index in [0.29, 0.717) is 10.6 Å². The van der Waals surface area contributed by atoms with Crippen LogP contribution in [0.4, 0.5) is 4.39 Å². The van der Waals surface area contributed by atoms with Gasteiger partial charge in [-0.15, -0.1) is 0 Å². The van der Waals surface area contributed by atoms with E-state index in [1.54, 1.807) is 0 Å². The molecule has 0 heterocycles. The smallest absolute Gasteiger partial charge is 0.123 e. The molecule has 0 aromatic heterocycles. The van der Waals surface area contributed by atoms with Crippen LogP contribution in [0.3, 0.4) is 0 Å². The summed E-state index contributed by atoms with van der Waals surface area (Å²) in [7, 11) is 0. The van der Waals surface area contributed by atoms with Gasteiger partial charge in [0.05, 0.1) is 0 Å². The quantitative estimate of drug-likeness (QED) is 0.863. The van der Waals surface area contributed by atoms with E-state index in [4.69, 9.17) is 11.6 Å². The maximum Gasteiger partial charge on any atom is 0.123 e. The van der Waals surface area contributed by atoms with E-state index in [-0.39, 0.29) is 0 Å². The first-order valence-electron chi connectivity index (χ1n) is 5.70. The largest absolute Gasteiger partial charge is 0.384 e. The highest BCUT2D eigenvalue weighted by molar-refractivity contribution is 6.31. The van der Waals surface area contributed by atoms with Gasteiger partial charge < -0.3 is 5.11 Å². The summed E-state index contributed by atoms with van der Waals surface area (Å²) in [4.78, 5) is 0. The van der Waals surface area contributed by atoms with Gasteiger partial charge in [0.25, 0.3) is 0 Å². The third kappa shape index (κ3) is 2.40. The lowest BCUT2D eigenvalue weighted by Crippen LogP contribution is -2.05. The Hall–Kier alpha value is -1.38. The molecule has 0 radical (unpaired) electrons. The van der Waals surface area contributed by atoms with Crippen LogP contribution in [0, 0.1) is 19.7 Å². The SMILES string of the molecule is Cc1cccc(C)c1C(O)c1cc(F)ccc1Cl. The van der Waals surface area contributed by atoms with Crippen LogP contribution in [0.5, 0.6) is 0 Å². The molecule has 1 nitrogen and oxygen atoms in total. The summed E-state index contributed by atoms with van der Waals surface area (Å²) in [6.07, 6.45) is -0.908. The predicted molar refractivity (Wildman–Crippen MR) is 71.4 cm³/mol. The van der Waals surface area contributed by atoms with Crippen molar-refractivity contribution in [1.82, 2.24) is 0 Å². The van der Waals surface area contributed by atoms with E-state index < -0.39 is 11.9 Å². The summed E-state index contributed by atoms with van der Waals surface area (Å²) < 4.78 is 13.3. The zero-order valence-electron chi connectivity index (χ0n) is 10.2. The number of hydrogen-bond acceptors (Lipinski definition) is 1. The van der Waals surface area contributed by atoms with Crippen molar-refractivity contribution in [2.24, 2.45) is 0 Å². The first-order chi connectivity index (χ1) is 8.50. The Morgan fingerprint density at radius 3 is 2.33 bits per heavy atom. The number of aryl methyl sites for hydroxylation is 2. The van der Waals surface area contributed by atoms with Gasteiger partial charge in [-0.2, -0.15) is 0 Å². The summed E-state index contributed by atoms with van der Waals surface area (Å²) in [5.41, 5.74) is 3.10. The van der Waals surface area contributed by atoms with Crippen LogP contribution in [0.2, 0.25) is 5.02 Å². The Balaban J connectivity index is 2.54. The minimum absolute atomic E-state index is 0.367. The molecule has 2 rings (SSSR count). The number of aliphatic hydroxyl groups is 1. The minimum atomic E-state index is -0.908. The van der Waals surface area contributed by atoms with Crippen molar-refractivity contribution in [2.45, 2.75) is 20.0 Å². The summed E-state index contributed by atoms with van der Waals surface area (Å²) >= 11 is 6.02. The number of benzene rings is 2. The number of rotatable bonds is 2. The second-order valence-corrected chi connectivity index (χ2v) is 4.78. The fourth-order valence-electron chi connectivity index (χ4n) is 2.14. The normalized spacial score (nSPS) is 12.5. The lowest BCUT2D eigenvalue weighted by Gasteiger charge is -2.18. The third-order valence-electron chi connectivity index (χ3n) is 3.07. The highest BCUT2D eigenvalue weighted by atomic mass is 35.5. The highest BCUT2D eigenvalue weighted by Crippen LogP contribution is 2.32. The van der Waals surface area contributed by atoms with Gasteiger partial charge in [-0.25, -0.2) is 4.39 Å². The predicted octanol–water partition coefficient (Wildman–Crippen LogP) is 4.18. The molecule has 1 unspecified atom stereocenters. The Kier molecular flexibility index (Phi) is 3.69. The van der Waals surface area contributed by atoms with Gasteiger partial charge in [-0.3, -0.25) is 0 Å². The van der Waals surface area contributed by atoms with Crippen molar-refractivity contribution in [3.05, 3.63) is 69.5 Å². The molecular formula is C15H14ClFO. The Morgan fingerprint density at radius 2 is 1.72 bits per heavy atom. The molecule has 0 bridgehead atoms. The maximum atomic E-state index is 13.3. The third-order valence-corrected chi connectivity index (χ3v) is 3.41. The number of hydrogen-bond donors (Lipinski definition) is 1. The maximum absolute atomic E-state index is 13.3. The topological polar surface area (TPSA) is 20.2 Å². The van der Waals surface area contributed by atoms with Crippen molar-refractivity contribution in [3.8, 4) is 0 Å². The lowest BCUT2D eigenvalue weighted by molar-refractivity contribution is 0.218. The zero-order valence-corrected chi connectivity index (χ0v) is 11.0. The molecule has 3 heteroatoms. The molecule has 2 aromatic rings. The highest BCUT2D eigenvalue weighted by Gasteiger charge is 2.18. The fraction of sp³-hybridized carbons (Fsp3) is 0.200. The second-order valence-electron chi connectivity index (χ2n) is 4.37. The monoisotopic (exact) mass is 264 g/mol. The van der Waals surface area contributed by atoms with E-state index >= 15 is 0 Å². The summed E-state index contributed by atoms with van der Waals surface area (Å²) in [5, 5.41) is 10.8. The van der Waals surface area contributed by atoms with Crippen molar-refractivity contribution in [1.29, 1.82) is 0 Å². The molecule has 0 saturated heterocycles. The Labute approximate surface area is 111 Å². The molecule has 0 aliphatic rings. The van der Waals surface area contributed by atoms with Crippen molar-refractivity contribution >= 4 is 11.6 Å². The summed E-state index contributed by atoms with van der Waals surface area (Å²) in [6.45, 7) is 3.83. The van der Waals surface area contributed by atoms with Crippen LogP contribution in [0.25, 0.3) is 0 Å². The zero-order chi connectivity index (χ0) is 13.3. The van der Waals surface area contributed by atoms with E-state index in [0.717, 1.165) is 16.7 Å². The summed E-state index contributed by atoms with van der Waals surface area (Å²) in [5.74, 6) is -0.403. The first-order valence-corrected chi connectivity index (χ1v) is 6.07. The molecule has 1 atom stereocenters. The average molecular weight is 265 g/mol. The molecule has 0 aliphatic carbocycles. The molecule has 1 N–H and O–H groups in total. The molecule has 2 aromatic carbocycles. The fourth-order valence-corrected chi connectivity index (χ4v) is 2.36. The van der Waals surface area contributed by atoms with E-state index in [1.807, 2.05) is 32.0 Å². The molecular weight excluding hydrogens is 251 g/mol. The molecule has 0 amide bonds. The summed E-state index contributed by atoms with van der Waals surface area (Å²) in [6, 6.07) is 9.77.